The van der Waals surface area contributed by atoms with Crippen LogP contribution in [0.25, 0.3) is 0 Å². The van der Waals surface area contributed by atoms with Gasteiger partial charge in [0, 0.05) is 34.7 Å². The number of hydrogen-bond acceptors (Lipinski definition) is 4. The Balaban J connectivity index is 1.54. The Morgan fingerprint density at radius 2 is 1.72 bits per heavy atom. The lowest BCUT2D eigenvalue weighted by Gasteiger charge is -2.30. The molecule has 0 aliphatic carbocycles. The SMILES string of the molecule is O=C(Nc1ccc(OC(F)(F)F)cc1)C1CCN(S(=O)(=O)Cc2ccc(Cl)cc2Cl)CC1. The molecule has 1 aliphatic heterocycles. The molecule has 1 aliphatic rings. The molecule has 0 spiro atoms. The van der Waals surface area contributed by atoms with Crippen molar-refractivity contribution in [2.24, 2.45) is 5.92 Å². The highest BCUT2D eigenvalue weighted by molar-refractivity contribution is 7.88. The number of nitrogens with one attached hydrogen (secondary N) is 1. The summed E-state index contributed by atoms with van der Waals surface area (Å²) >= 11 is 11.9. The number of alkyl halides is 3. The van der Waals surface area contributed by atoms with E-state index < -0.39 is 28.1 Å². The van der Waals surface area contributed by atoms with Crippen molar-refractivity contribution in [1.29, 1.82) is 0 Å². The largest absolute Gasteiger partial charge is 0.573 e. The monoisotopic (exact) mass is 510 g/mol. The maximum Gasteiger partial charge on any atom is 0.573 e. The average Bonchev–Trinajstić information content (AvgIpc) is 2.70. The zero-order chi connectivity index (χ0) is 23.5. The molecule has 1 amide bonds. The summed E-state index contributed by atoms with van der Waals surface area (Å²) in [6.07, 6.45) is -4.17. The van der Waals surface area contributed by atoms with E-state index in [4.69, 9.17) is 23.2 Å². The van der Waals surface area contributed by atoms with Crippen molar-refractivity contribution in [1.82, 2.24) is 4.31 Å². The minimum absolute atomic E-state index is 0.171. The van der Waals surface area contributed by atoms with E-state index >= 15 is 0 Å². The fourth-order valence-electron chi connectivity index (χ4n) is 3.31. The lowest BCUT2D eigenvalue weighted by molar-refractivity contribution is -0.274. The van der Waals surface area contributed by atoms with Gasteiger partial charge in [-0.15, -0.1) is 13.2 Å². The molecule has 0 aromatic heterocycles. The Morgan fingerprint density at radius 1 is 1.09 bits per heavy atom. The molecule has 0 atom stereocenters. The Kier molecular flexibility index (Phi) is 7.59. The van der Waals surface area contributed by atoms with Crippen LogP contribution in [0.5, 0.6) is 5.75 Å². The van der Waals surface area contributed by atoms with Gasteiger partial charge in [0.15, 0.2) is 0 Å². The molecular formula is C20H19Cl2F3N2O4S. The first-order chi connectivity index (χ1) is 14.9. The third kappa shape index (κ3) is 6.74. The van der Waals surface area contributed by atoms with Crippen molar-refractivity contribution in [2.45, 2.75) is 25.0 Å². The summed E-state index contributed by atoms with van der Waals surface area (Å²) in [4.78, 5) is 12.5. The zero-order valence-electron chi connectivity index (χ0n) is 16.5. The number of amides is 1. The van der Waals surface area contributed by atoms with Crippen LogP contribution in [0.15, 0.2) is 42.5 Å². The normalized spacial score (nSPS) is 16.0. The summed E-state index contributed by atoms with van der Waals surface area (Å²) in [5.41, 5.74) is 0.755. The molecule has 2 aromatic carbocycles. The molecule has 6 nitrogen and oxygen atoms in total. The first kappa shape index (κ1) is 24.6. The third-order valence-electron chi connectivity index (χ3n) is 4.93. The van der Waals surface area contributed by atoms with E-state index in [0.717, 1.165) is 12.1 Å². The summed E-state index contributed by atoms with van der Waals surface area (Å²) in [6.45, 7) is 0.341. The molecule has 174 valence electrons. The molecule has 0 saturated carbocycles. The maximum atomic E-state index is 12.7. The smallest absolute Gasteiger partial charge is 0.406 e. The van der Waals surface area contributed by atoms with E-state index in [9.17, 15) is 26.4 Å². The number of carbonyl (C=O) groups is 1. The minimum atomic E-state index is -4.79. The number of halogens is 5. The predicted octanol–water partition coefficient (Wildman–Crippen LogP) is 5.07. The van der Waals surface area contributed by atoms with Crippen molar-refractivity contribution in [3.63, 3.8) is 0 Å². The first-order valence-electron chi connectivity index (χ1n) is 9.51. The number of nitrogens with zero attached hydrogens (tertiary/aromatic N) is 1. The van der Waals surface area contributed by atoms with Crippen LogP contribution in [-0.4, -0.2) is 38.1 Å². The minimum Gasteiger partial charge on any atom is -0.406 e. The number of sulfonamides is 1. The fraction of sp³-hybridized carbons (Fsp3) is 0.350. The lowest BCUT2D eigenvalue weighted by Crippen LogP contribution is -2.41. The molecule has 3 rings (SSSR count). The number of benzene rings is 2. The number of carbonyl (C=O) groups excluding carboxylic acids is 1. The van der Waals surface area contributed by atoms with Gasteiger partial charge in [0.25, 0.3) is 0 Å². The molecule has 12 heteroatoms. The Bertz CT molecular complexity index is 1070. The Morgan fingerprint density at radius 3 is 2.28 bits per heavy atom. The second-order valence-corrected chi connectivity index (χ2v) is 10.0. The molecule has 1 fully saturated rings. The standard InChI is InChI=1S/C20H19Cl2F3N2O4S/c21-15-2-1-14(18(22)11-15)12-32(29,30)27-9-7-13(8-10-27)19(28)26-16-3-5-17(6-4-16)31-20(23,24)25/h1-6,11,13H,7-10,12H2,(H,26,28). The highest BCUT2D eigenvalue weighted by Gasteiger charge is 2.32. The highest BCUT2D eigenvalue weighted by Crippen LogP contribution is 2.28. The van der Waals surface area contributed by atoms with Crippen molar-refractivity contribution < 1.29 is 31.1 Å². The van der Waals surface area contributed by atoms with Gasteiger partial charge in [-0.3, -0.25) is 4.79 Å². The molecule has 0 bridgehead atoms. The van der Waals surface area contributed by atoms with Gasteiger partial charge in [-0.1, -0.05) is 29.3 Å². The number of anilines is 1. The van der Waals surface area contributed by atoms with E-state index in [0.29, 0.717) is 29.1 Å². The van der Waals surface area contributed by atoms with Gasteiger partial charge < -0.3 is 10.1 Å². The van der Waals surface area contributed by atoms with Gasteiger partial charge in [-0.25, -0.2) is 12.7 Å². The Labute approximate surface area is 193 Å². The second kappa shape index (κ2) is 9.86. The average molecular weight is 511 g/mol. The third-order valence-corrected chi connectivity index (χ3v) is 7.34. The summed E-state index contributed by atoms with van der Waals surface area (Å²) in [5, 5.41) is 3.31. The summed E-state index contributed by atoms with van der Waals surface area (Å²) in [7, 11) is -3.63. The number of rotatable bonds is 6. The number of piperidine rings is 1. The van der Waals surface area contributed by atoms with Crippen molar-refractivity contribution >= 4 is 44.8 Å². The predicted molar refractivity (Wildman–Crippen MR) is 115 cm³/mol. The molecule has 0 unspecified atom stereocenters. The van der Waals surface area contributed by atoms with E-state index in [1.807, 2.05) is 0 Å². The highest BCUT2D eigenvalue weighted by atomic mass is 35.5. The van der Waals surface area contributed by atoms with Gasteiger partial charge >= 0.3 is 6.36 Å². The van der Waals surface area contributed by atoms with E-state index in [-0.39, 0.29) is 29.8 Å². The molecule has 2 aromatic rings. The van der Waals surface area contributed by atoms with E-state index in [1.165, 1.54) is 22.5 Å². The lowest BCUT2D eigenvalue weighted by atomic mass is 9.97. The maximum absolute atomic E-state index is 12.7. The topological polar surface area (TPSA) is 75.7 Å². The zero-order valence-corrected chi connectivity index (χ0v) is 18.9. The summed E-state index contributed by atoms with van der Waals surface area (Å²) < 4.78 is 67.2. The first-order valence-corrected chi connectivity index (χ1v) is 11.9. The van der Waals surface area contributed by atoms with Crippen LogP contribution in [0.1, 0.15) is 18.4 Å². The van der Waals surface area contributed by atoms with Crippen molar-refractivity contribution in [3.05, 3.63) is 58.1 Å². The fourth-order valence-corrected chi connectivity index (χ4v) is 5.46. The number of ether oxygens (including phenoxy) is 1. The number of hydrogen-bond donors (Lipinski definition) is 1. The van der Waals surface area contributed by atoms with Crippen LogP contribution in [0.3, 0.4) is 0 Å². The molecular weight excluding hydrogens is 492 g/mol. The van der Waals surface area contributed by atoms with Gasteiger partial charge in [0.05, 0.1) is 5.75 Å². The molecule has 1 saturated heterocycles. The van der Waals surface area contributed by atoms with Crippen LogP contribution in [0.2, 0.25) is 10.0 Å². The molecule has 32 heavy (non-hydrogen) atoms. The quantitative estimate of drug-likeness (QED) is 0.588. The molecule has 1 N–H and O–H groups in total. The van der Waals surface area contributed by atoms with E-state index in [2.05, 4.69) is 10.1 Å². The summed E-state index contributed by atoms with van der Waals surface area (Å²) in [5.74, 6) is -1.42. The van der Waals surface area contributed by atoms with Crippen LogP contribution in [0, 0.1) is 5.92 Å². The van der Waals surface area contributed by atoms with Crippen molar-refractivity contribution in [3.8, 4) is 5.75 Å². The second-order valence-electron chi connectivity index (χ2n) is 7.23. The van der Waals surface area contributed by atoms with Crippen LogP contribution >= 0.6 is 23.2 Å². The molecule has 0 radical (unpaired) electrons. The van der Waals surface area contributed by atoms with Gasteiger partial charge in [-0.05, 0) is 54.8 Å². The molecule has 1 heterocycles. The Hall–Kier alpha value is -2.01. The van der Waals surface area contributed by atoms with Crippen LogP contribution in [-0.2, 0) is 20.6 Å². The van der Waals surface area contributed by atoms with Gasteiger partial charge in [0.2, 0.25) is 15.9 Å². The van der Waals surface area contributed by atoms with Crippen LogP contribution in [0.4, 0.5) is 18.9 Å². The van der Waals surface area contributed by atoms with Gasteiger partial charge in [0.1, 0.15) is 5.75 Å². The van der Waals surface area contributed by atoms with Crippen molar-refractivity contribution in [2.75, 3.05) is 18.4 Å². The van der Waals surface area contributed by atoms with Gasteiger partial charge in [-0.2, -0.15) is 0 Å². The van der Waals surface area contributed by atoms with E-state index in [1.54, 1.807) is 12.1 Å². The summed E-state index contributed by atoms with van der Waals surface area (Å²) in [6, 6.07) is 9.40. The van der Waals surface area contributed by atoms with Crippen LogP contribution < -0.4 is 10.1 Å².